The van der Waals surface area contributed by atoms with E-state index in [0.29, 0.717) is 30.9 Å². The summed E-state index contributed by atoms with van der Waals surface area (Å²) in [5, 5.41) is 13.9. The molecule has 1 N–H and O–H groups in total. The van der Waals surface area contributed by atoms with Crippen LogP contribution in [0.3, 0.4) is 0 Å². The van der Waals surface area contributed by atoms with Crippen molar-refractivity contribution < 1.29 is 13.2 Å². The SMILES string of the molecule is CC(C)NCCn1nnnc1SCC(F)(F)F. The summed E-state index contributed by atoms with van der Waals surface area (Å²) in [5.74, 6) is -0.981. The maximum Gasteiger partial charge on any atom is 0.398 e. The Morgan fingerprint density at radius 1 is 1.41 bits per heavy atom. The average Bonchev–Trinajstić information content (AvgIpc) is 2.61. The maximum atomic E-state index is 12.0. The van der Waals surface area contributed by atoms with Crippen LogP contribution in [0.5, 0.6) is 0 Å². The van der Waals surface area contributed by atoms with Crippen LogP contribution in [0.4, 0.5) is 13.2 Å². The molecule has 0 aliphatic rings. The number of hydrogen-bond donors (Lipinski definition) is 1. The van der Waals surface area contributed by atoms with Gasteiger partial charge in [-0.2, -0.15) is 13.2 Å². The van der Waals surface area contributed by atoms with Gasteiger partial charge in [0, 0.05) is 12.6 Å². The predicted octanol–water partition coefficient (Wildman–Crippen LogP) is 1.33. The van der Waals surface area contributed by atoms with E-state index in [0.717, 1.165) is 0 Å². The van der Waals surface area contributed by atoms with Crippen LogP contribution in [0.15, 0.2) is 5.16 Å². The van der Waals surface area contributed by atoms with Crippen LogP contribution < -0.4 is 5.32 Å². The van der Waals surface area contributed by atoms with Crippen molar-refractivity contribution in [1.29, 1.82) is 0 Å². The van der Waals surface area contributed by atoms with Crippen LogP contribution in [0, 0.1) is 0 Å². The number of hydrogen-bond acceptors (Lipinski definition) is 5. The average molecular weight is 269 g/mol. The molecule has 0 aromatic carbocycles. The van der Waals surface area contributed by atoms with E-state index in [9.17, 15) is 13.2 Å². The van der Waals surface area contributed by atoms with E-state index < -0.39 is 11.9 Å². The summed E-state index contributed by atoms with van der Waals surface area (Å²) in [6, 6.07) is 0.317. The molecule has 0 fully saturated rings. The van der Waals surface area contributed by atoms with Gasteiger partial charge in [0.25, 0.3) is 0 Å². The maximum absolute atomic E-state index is 12.0. The smallest absolute Gasteiger partial charge is 0.313 e. The van der Waals surface area contributed by atoms with E-state index in [2.05, 4.69) is 20.8 Å². The molecule has 0 aliphatic carbocycles. The van der Waals surface area contributed by atoms with Gasteiger partial charge in [-0.3, -0.25) is 0 Å². The largest absolute Gasteiger partial charge is 0.398 e. The number of tetrazole rings is 1. The second kappa shape index (κ2) is 6.20. The number of halogens is 3. The van der Waals surface area contributed by atoms with Crippen LogP contribution in [-0.4, -0.2) is 44.7 Å². The third-order valence-electron chi connectivity index (χ3n) is 1.74. The first-order valence-electron chi connectivity index (χ1n) is 5.07. The van der Waals surface area contributed by atoms with Crippen molar-refractivity contribution >= 4 is 11.8 Å². The third-order valence-corrected chi connectivity index (χ3v) is 2.76. The number of alkyl halides is 3. The number of aromatic nitrogens is 4. The Balaban J connectivity index is 2.43. The number of nitrogens with one attached hydrogen (secondary N) is 1. The Kier molecular flexibility index (Phi) is 5.19. The first kappa shape index (κ1) is 14.2. The van der Waals surface area contributed by atoms with Gasteiger partial charge in [-0.25, -0.2) is 4.68 Å². The zero-order valence-electron chi connectivity index (χ0n) is 9.53. The van der Waals surface area contributed by atoms with Crippen molar-refractivity contribution in [2.24, 2.45) is 0 Å². The predicted molar refractivity (Wildman–Crippen MR) is 57.7 cm³/mol. The molecular formula is C8H14F3N5S. The number of rotatable bonds is 6. The lowest BCUT2D eigenvalue weighted by molar-refractivity contribution is -0.105. The summed E-state index contributed by atoms with van der Waals surface area (Å²) in [4.78, 5) is 0. The van der Waals surface area contributed by atoms with E-state index in [1.165, 1.54) is 4.68 Å². The van der Waals surface area contributed by atoms with Gasteiger partial charge in [0.1, 0.15) is 0 Å². The van der Waals surface area contributed by atoms with Gasteiger partial charge in [0.15, 0.2) is 0 Å². The molecule has 0 unspecified atom stereocenters. The fraction of sp³-hybridized carbons (Fsp3) is 0.875. The second-order valence-electron chi connectivity index (χ2n) is 3.70. The molecule has 1 heterocycles. The first-order chi connectivity index (χ1) is 7.88. The molecule has 0 atom stereocenters. The Hall–Kier alpha value is -0.830. The highest BCUT2D eigenvalue weighted by atomic mass is 32.2. The molecule has 9 heteroatoms. The minimum absolute atomic E-state index is 0.188. The van der Waals surface area contributed by atoms with Gasteiger partial charge >= 0.3 is 6.18 Å². The lowest BCUT2D eigenvalue weighted by Crippen LogP contribution is -2.27. The molecule has 17 heavy (non-hydrogen) atoms. The molecule has 1 aromatic heterocycles. The van der Waals surface area contributed by atoms with Crippen LogP contribution in [0.1, 0.15) is 13.8 Å². The molecule has 0 aliphatic heterocycles. The van der Waals surface area contributed by atoms with Gasteiger partial charge in [-0.05, 0) is 10.4 Å². The number of thioether (sulfide) groups is 1. The molecule has 1 aromatic rings. The van der Waals surface area contributed by atoms with E-state index in [1.54, 1.807) is 0 Å². The molecule has 0 saturated carbocycles. The van der Waals surface area contributed by atoms with Crippen molar-refractivity contribution in [3.05, 3.63) is 0 Å². The fourth-order valence-electron chi connectivity index (χ4n) is 1.05. The summed E-state index contributed by atoms with van der Waals surface area (Å²) in [5.41, 5.74) is 0. The summed E-state index contributed by atoms with van der Waals surface area (Å²) in [6.07, 6.45) is -4.21. The van der Waals surface area contributed by atoms with Crippen molar-refractivity contribution in [3.63, 3.8) is 0 Å². The van der Waals surface area contributed by atoms with Crippen LogP contribution >= 0.6 is 11.8 Å². The van der Waals surface area contributed by atoms with Gasteiger partial charge in [0.2, 0.25) is 5.16 Å². The van der Waals surface area contributed by atoms with E-state index >= 15 is 0 Å². The summed E-state index contributed by atoms with van der Waals surface area (Å²) >= 11 is 0.594. The number of nitrogens with zero attached hydrogens (tertiary/aromatic N) is 4. The Morgan fingerprint density at radius 3 is 2.71 bits per heavy atom. The van der Waals surface area contributed by atoms with Crippen molar-refractivity contribution in [1.82, 2.24) is 25.5 Å². The molecule has 1 rings (SSSR count). The molecule has 0 saturated heterocycles. The Bertz CT molecular complexity index is 338. The van der Waals surface area contributed by atoms with E-state index in [4.69, 9.17) is 0 Å². The minimum atomic E-state index is -4.21. The molecule has 0 radical (unpaired) electrons. The lowest BCUT2D eigenvalue weighted by Gasteiger charge is -2.09. The summed E-state index contributed by atoms with van der Waals surface area (Å²) in [7, 11) is 0. The minimum Gasteiger partial charge on any atom is -0.313 e. The first-order valence-corrected chi connectivity index (χ1v) is 6.06. The lowest BCUT2D eigenvalue weighted by atomic mass is 10.4. The Labute approximate surface area is 101 Å². The summed E-state index contributed by atoms with van der Waals surface area (Å²) < 4.78 is 37.4. The molecule has 0 amide bonds. The van der Waals surface area contributed by atoms with Gasteiger partial charge in [0.05, 0.1) is 12.3 Å². The third kappa shape index (κ3) is 5.87. The molecule has 98 valence electrons. The quantitative estimate of drug-likeness (QED) is 0.789. The fourth-order valence-corrected chi connectivity index (χ4v) is 1.71. The Morgan fingerprint density at radius 2 is 2.12 bits per heavy atom. The highest BCUT2D eigenvalue weighted by Gasteiger charge is 2.28. The normalized spacial score (nSPS) is 12.4. The highest BCUT2D eigenvalue weighted by molar-refractivity contribution is 7.99. The highest BCUT2D eigenvalue weighted by Crippen LogP contribution is 2.25. The van der Waals surface area contributed by atoms with E-state index in [-0.39, 0.29) is 5.16 Å². The molecule has 0 bridgehead atoms. The van der Waals surface area contributed by atoms with E-state index in [1.807, 2.05) is 13.8 Å². The van der Waals surface area contributed by atoms with Gasteiger partial charge in [-0.15, -0.1) is 5.10 Å². The van der Waals surface area contributed by atoms with Crippen LogP contribution in [-0.2, 0) is 6.54 Å². The van der Waals surface area contributed by atoms with Gasteiger partial charge in [-0.1, -0.05) is 25.6 Å². The second-order valence-corrected chi connectivity index (χ2v) is 4.64. The topological polar surface area (TPSA) is 55.6 Å². The summed E-state index contributed by atoms with van der Waals surface area (Å²) in [6.45, 7) is 5.03. The van der Waals surface area contributed by atoms with Crippen LogP contribution in [0.2, 0.25) is 0 Å². The van der Waals surface area contributed by atoms with Gasteiger partial charge < -0.3 is 5.32 Å². The zero-order chi connectivity index (χ0) is 12.9. The van der Waals surface area contributed by atoms with Crippen molar-refractivity contribution in [3.8, 4) is 0 Å². The molecular weight excluding hydrogens is 255 g/mol. The zero-order valence-corrected chi connectivity index (χ0v) is 10.3. The standard InChI is InChI=1S/C8H14F3N5S/c1-6(2)12-3-4-16-7(13-14-15-16)17-5-8(9,10)11/h6,12H,3-5H2,1-2H3. The van der Waals surface area contributed by atoms with Crippen molar-refractivity contribution in [2.75, 3.05) is 12.3 Å². The van der Waals surface area contributed by atoms with Crippen molar-refractivity contribution in [2.45, 2.75) is 37.8 Å². The monoisotopic (exact) mass is 269 g/mol. The molecule has 0 spiro atoms. The van der Waals surface area contributed by atoms with Crippen LogP contribution in [0.25, 0.3) is 0 Å². The molecule has 5 nitrogen and oxygen atoms in total.